The van der Waals surface area contributed by atoms with E-state index in [2.05, 4.69) is 35.0 Å². The van der Waals surface area contributed by atoms with Crippen molar-refractivity contribution in [3.05, 3.63) is 102 Å². The van der Waals surface area contributed by atoms with Crippen LogP contribution in [0.3, 0.4) is 0 Å². The van der Waals surface area contributed by atoms with E-state index in [4.69, 9.17) is 14.8 Å². The first kappa shape index (κ1) is 21.1. The number of thiophene rings is 1. The van der Waals surface area contributed by atoms with Crippen LogP contribution in [0, 0.1) is 0 Å². The van der Waals surface area contributed by atoms with Crippen LogP contribution in [0.5, 0.6) is 11.5 Å². The molecular weight excluding hydrogens is 454 g/mol. The van der Waals surface area contributed by atoms with Crippen molar-refractivity contribution in [1.29, 1.82) is 0 Å². The highest BCUT2D eigenvalue weighted by Gasteiger charge is 2.20. The third-order valence-electron chi connectivity index (χ3n) is 5.99. The lowest BCUT2D eigenvalue weighted by atomic mass is 9.99. The van der Waals surface area contributed by atoms with Crippen molar-refractivity contribution in [2.24, 2.45) is 0 Å². The van der Waals surface area contributed by atoms with E-state index in [0.29, 0.717) is 0 Å². The summed E-state index contributed by atoms with van der Waals surface area (Å²) in [6, 6.07) is 29.5. The Kier molecular flexibility index (Phi) is 5.28. The molecule has 0 amide bonds. The quantitative estimate of drug-likeness (QED) is 0.287. The molecule has 6 rings (SSSR count). The molecule has 0 saturated heterocycles. The van der Waals surface area contributed by atoms with Gasteiger partial charge in [-0.15, -0.1) is 0 Å². The Bertz CT molecular complexity index is 1640. The van der Waals surface area contributed by atoms with Crippen molar-refractivity contribution in [2.75, 3.05) is 7.11 Å². The minimum absolute atomic E-state index is 0.246. The molecule has 0 bridgehead atoms. The number of ether oxygens (including phenoxy) is 1. The van der Waals surface area contributed by atoms with Gasteiger partial charge in [0.25, 0.3) is 0 Å². The van der Waals surface area contributed by atoms with Crippen molar-refractivity contribution in [1.82, 2.24) is 14.6 Å². The van der Waals surface area contributed by atoms with Gasteiger partial charge in [0.1, 0.15) is 22.9 Å². The molecule has 0 unspecified atom stereocenters. The Morgan fingerprint density at radius 3 is 2.43 bits per heavy atom. The van der Waals surface area contributed by atoms with E-state index in [1.807, 2.05) is 59.1 Å². The Morgan fingerprint density at radius 1 is 0.800 bits per heavy atom. The molecule has 3 aromatic heterocycles. The van der Waals surface area contributed by atoms with Crippen LogP contribution in [-0.4, -0.2) is 26.8 Å². The number of hydrogen-bond donors (Lipinski definition) is 1. The third-order valence-corrected chi connectivity index (χ3v) is 6.68. The summed E-state index contributed by atoms with van der Waals surface area (Å²) in [4.78, 5) is 4.99. The number of phenols is 1. The van der Waals surface area contributed by atoms with Crippen molar-refractivity contribution in [2.45, 2.75) is 0 Å². The van der Waals surface area contributed by atoms with Gasteiger partial charge in [-0.3, -0.25) is 0 Å². The van der Waals surface area contributed by atoms with Gasteiger partial charge in [-0.1, -0.05) is 42.5 Å². The van der Waals surface area contributed by atoms with Gasteiger partial charge in [-0.25, -0.2) is 9.50 Å². The van der Waals surface area contributed by atoms with E-state index < -0.39 is 0 Å². The van der Waals surface area contributed by atoms with Crippen LogP contribution in [0.25, 0.3) is 50.5 Å². The van der Waals surface area contributed by atoms with Gasteiger partial charge in [0.2, 0.25) is 0 Å². The first-order valence-electron chi connectivity index (χ1n) is 11.2. The minimum Gasteiger partial charge on any atom is -0.508 e. The number of para-hydroxylation sites is 1. The number of nitrogens with zero attached hydrogens (tertiary/aromatic N) is 3. The van der Waals surface area contributed by atoms with E-state index in [1.165, 1.54) is 0 Å². The van der Waals surface area contributed by atoms with Gasteiger partial charge in [-0.2, -0.15) is 16.4 Å². The third kappa shape index (κ3) is 3.84. The maximum Gasteiger partial charge on any atom is 0.155 e. The molecule has 0 atom stereocenters. The highest BCUT2D eigenvalue weighted by molar-refractivity contribution is 7.08. The van der Waals surface area contributed by atoms with E-state index in [1.54, 1.807) is 30.6 Å². The molecular formula is C29H21N3O2S. The van der Waals surface area contributed by atoms with Crippen LogP contribution < -0.4 is 4.74 Å². The number of benzene rings is 3. The average molecular weight is 476 g/mol. The number of imidazole rings is 1. The first-order valence-corrected chi connectivity index (χ1v) is 12.1. The van der Waals surface area contributed by atoms with Crippen molar-refractivity contribution in [3.63, 3.8) is 0 Å². The predicted molar refractivity (Wildman–Crippen MR) is 141 cm³/mol. The number of rotatable bonds is 5. The number of aromatic nitrogens is 3. The molecule has 0 aliphatic carbocycles. The lowest BCUT2D eigenvalue weighted by Crippen LogP contribution is -1.97. The maximum atomic E-state index is 9.71. The van der Waals surface area contributed by atoms with Gasteiger partial charge in [0, 0.05) is 22.1 Å². The highest BCUT2D eigenvalue weighted by atomic mass is 32.1. The molecule has 0 spiro atoms. The second-order valence-electron chi connectivity index (χ2n) is 8.14. The van der Waals surface area contributed by atoms with Gasteiger partial charge in [0.05, 0.1) is 12.8 Å². The summed E-state index contributed by atoms with van der Waals surface area (Å²) < 4.78 is 7.60. The van der Waals surface area contributed by atoms with Crippen LogP contribution >= 0.6 is 11.3 Å². The monoisotopic (exact) mass is 475 g/mol. The highest BCUT2D eigenvalue weighted by Crippen LogP contribution is 2.38. The summed E-state index contributed by atoms with van der Waals surface area (Å²) in [7, 11) is 1.67. The average Bonchev–Trinajstić information content (AvgIpc) is 3.57. The summed E-state index contributed by atoms with van der Waals surface area (Å²) >= 11 is 1.65. The Morgan fingerprint density at radius 2 is 1.63 bits per heavy atom. The summed E-state index contributed by atoms with van der Waals surface area (Å²) in [6.45, 7) is 0. The number of hydrogen-bond acceptors (Lipinski definition) is 5. The smallest absolute Gasteiger partial charge is 0.155 e. The van der Waals surface area contributed by atoms with Crippen molar-refractivity contribution >= 4 is 17.0 Å². The Labute approximate surface area is 206 Å². The van der Waals surface area contributed by atoms with Crippen LogP contribution in [0.1, 0.15) is 0 Å². The van der Waals surface area contributed by atoms with E-state index in [9.17, 15) is 5.11 Å². The molecule has 35 heavy (non-hydrogen) atoms. The normalized spacial score (nSPS) is 11.1. The SMILES string of the molecule is COc1ccccc1-c1nc2ccc(-c3ccsc3)nn2c1-c1cccc(-c2ccc(O)cc2)c1. The standard InChI is InChI=1S/C29H21N3O2S/c1-34-26-8-3-2-7-24(26)28-29(21-6-4-5-20(17-21)19-9-11-23(33)12-10-19)32-27(30-28)14-13-25(31-32)22-15-16-35-18-22/h2-18,33H,1H3. The summed E-state index contributed by atoms with van der Waals surface area (Å²) in [6.07, 6.45) is 0. The zero-order chi connectivity index (χ0) is 23.8. The molecule has 1 N–H and O–H groups in total. The van der Waals surface area contributed by atoms with Crippen LogP contribution in [0.4, 0.5) is 0 Å². The van der Waals surface area contributed by atoms with Crippen molar-refractivity contribution in [3.8, 4) is 56.4 Å². The van der Waals surface area contributed by atoms with Crippen LogP contribution in [0.15, 0.2) is 102 Å². The summed E-state index contributed by atoms with van der Waals surface area (Å²) in [5.74, 6) is 1.00. The maximum absolute atomic E-state index is 9.71. The van der Waals surface area contributed by atoms with Gasteiger partial charge in [0.15, 0.2) is 5.65 Å². The topological polar surface area (TPSA) is 59.7 Å². The van der Waals surface area contributed by atoms with E-state index >= 15 is 0 Å². The lowest BCUT2D eigenvalue weighted by Gasteiger charge is -2.11. The molecule has 0 aliphatic rings. The number of aromatic hydroxyl groups is 1. The molecule has 3 aromatic carbocycles. The van der Waals surface area contributed by atoms with E-state index in [-0.39, 0.29) is 5.75 Å². The zero-order valence-corrected chi connectivity index (χ0v) is 19.7. The number of methoxy groups -OCH3 is 1. The Hall–Kier alpha value is -4.42. The largest absolute Gasteiger partial charge is 0.508 e. The molecule has 6 heteroatoms. The number of fused-ring (bicyclic) bond motifs is 1. The molecule has 3 heterocycles. The van der Waals surface area contributed by atoms with Crippen molar-refractivity contribution < 1.29 is 9.84 Å². The molecule has 5 nitrogen and oxygen atoms in total. The van der Waals surface area contributed by atoms with E-state index in [0.717, 1.165) is 56.3 Å². The molecule has 6 aromatic rings. The molecule has 0 radical (unpaired) electrons. The van der Waals surface area contributed by atoms with Gasteiger partial charge < -0.3 is 9.84 Å². The fourth-order valence-corrected chi connectivity index (χ4v) is 4.93. The first-order chi connectivity index (χ1) is 17.2. The molecule has 0 saturated carbocycles. The van der Waals surface area contributed by atoms with Gasteiger partial charge in [-0.05, 0) is 65.0 Å². The summed E-state index contributed by atoms with van der Waals surface area (Å²) in [5.41, 5.74) is 8.37. The fourth-order valence-electron chi connectivity index (χ4n) is 4.28. The predicted octanol–water partition coefficient (Wildman–Crippen LogP) is 7.17. The number of phenolic OH excluding ortho intramolecular Hbond substituents is 1. The summed E-state index contributed by atoms with van der Waals surface area (Å²) in [5, 5.41) is 18.9. The second kappa shape index (κ2) is 8.74. The van der Waals surface area contributed by atoms with Crippen LogP contribution in [0.2, 0.25) is 0 Å². The molecule has 0 aliphatic heterocycles. The zero-order valence-electron chi connectivity index (χ0n) is 18.9. The second-order valence-corrected chi connectivity index (χ2v) is 8.92. The molecule has 170 valence electrons. The Balaban J connectivity index is 1.61. The minimum atomic E-state index is 0.246. The molecule has 0 fully saturated rings. The van der Waals surface area contributed by atoms with Gasteiger partial charge >= 0.3 is 0 Å². The fraction of sp³-hybridized carbons (Fsp3) is 0.0345. The lowest BCUT2D eigenvalue weighted by molar-refractivity contribution is 0.416. The van der Waals surface area contributed by atoms with Crippen LogP contribution in [-0.2, 0) is 0 Å².